The van der Waals surface area contributed by atoms with E-state index in [1.54, 1.807) is 23.9 Å². The van der Waals surface area contributed by atoms with E-state index in [9.17, 15) is 0 Å². The molecule has 0 aliphatic rings. The van der Waals surface area contributed by atoms with Gasteiger partial charge < -0.3 is 0 Å². The van der Waals surface area contributed by atoms with E-state index < -0.39 is 0 Å². The highest BCUT2D eigenvalue weighted by molar-refractivity contribution is 6.29. The third kappa shape index (κ3) is 4.41. The third-order valence-corrected chi connectivity index (χ3v) is 1.81. The molecule has 0 aliphatic carbocycles. The average molecular weight is 246 g/mol. The number of guanidine groups is 1. The molecule has 0 fully saturated rings. The first kappa shape index (κ1) is 12.7. The molecule has 16 heavy (non-hydrogen) atoms. The van der Waals surface area contributed by atoms with Crippen molar-refractivity contribution < 1.29 is 10.0 Å². The van der Waals surface area contributed by atoms with Crippen LogP contribution in [0.15, 0.2) is 23.3 Å². The monoisotopic (exact) mass is 245 g/mol. The molecule has 1 rings (SSSR count). The Kier molecular flexibility index (Phi) is 5.51. The van der Waals surface area contributed by atoms with Crippen LogP contribution in [0.2, 0.25) is 5.15 Å². The molecule has 1 heterocycles. The number of nitrogens with one attached hydrogen (secondary N) is 3. The minimum Gasteiger partial charge on any atom is -0.297 e. The van der Waals surface area contributed by atoms with Gasteiger partial charge in [0.2, 0.25) is 5.96 Å². The second-order valence-electron chi connectivity index (χ2n) is 2.70. The van der Waals surface area contributed by atoms with Gasteiger partial charge in [0.1, 0.15) is 5.15 Å². The van der Waals surface area contributed by atoms with E-state index in [4.69, 9.17) is 16.8 Å². The Balaban J connectivity index is 2.57. The molecule has 7 nitrogen and oxygen atoms in total. The lowest BCUT2D eigenvalue weighted by Crippen LogP contribution is -2.43. The summed E-state index contributed by atoms with van der Waals surface area (Å²) in [6, 6.07) is 3.48. The molecule has 0 aromatic carbocycles. The molecule has 1 aromatic heterocycles. The van der Waals surface area contributed by atoms with Crippen LogP contribution in [-0.2, 0) is 11.4 Å². The maximum absolute atomic E-state index is 8.43. The SMILES string of the molecule is CONC(=NCc1ccc(Cl)nc1)NNO. The van der Waals surface area contributed by atoms with Crippen molar-refractivity contribution in [2.24, 2.45) is 4.99 Å². The zero-order chi connectivity index (χ0) is 11.8. The molecule has 0 spiro atoms. The topological polar surface area (TPSA) is 90.8 Å². The molecular weight excluding hydrogens is 234 g/mol. The molecular formula is C8H12ClN5O2. The molecule has 0 aliphatic heterocycles. The summed E-state index contributed by atoms with van der Waals surface area (Å²) in [6.45, 7) is 0.366. The van der Waals surface area contributed by atoms with E-state index >= 15 is 0 Å². The second-order valence-corrected chi connectivity index (χ2v) is 3.08. The summed E-state index contributed by atoms with van der Waals surface area (Å²) in [7, 11) is 1.43. The summed E-state index contributed by atoms with van der Waals surface area (Å²) in [5.41, 5.74) is 7.39. The number of hydrogen-bond donors (Lipinski definition) is 4. The lowest BCUT2D eigenvalue weighted by Gasteiger charge is -2.07. The van der Waals surface area contributed by atoms with Gasteiger partial charge in [-0.25, -0.2) is 15.5 Å². The van der Waals surface area contributed by atoms with Gasteiger partial charge in [0.05, 0.1) is 13.7 Å². The van der Waals surface area contributed by atoms with Gasteiger partial charge in [-0.15, -0.1) is 5.59 Å². The van der Waals surface area contributed by atoms with Crippen LogP contribution in [-0.4, -0.2) is 23.3 Å². The van der Waals surface area contributed by atoms with Crippen LogP contribution in [0, 0.1) is 0 Å². The fourth-order valence-corrected chi connectivity index (χ4v) is 1.03. The molecule has 0 unspecified atom stereocenters. The number of rotatable bonds is 4. The van der Waals surface area contributed by atoms with Crippen molar-refractivity contribution in [1.82, 2.24) is 21.5 Å². The summed E-state index contributed by atoms with van der Waals surface area (Å²) in [4.78, 5) is 12.6. The normalized spacial score (nSPS) is 11.3. The molecule has 0 saturated carbocycles. The number of hydrogen-bond acceptors (Lipinski definition) is 5. The third-order valence-electron chi connectivity index (χ3n) is 1.58. The number of hydrazine groups is 1. The first-order chi connectivity index (χ1) is 7.76. The van der Waals surface area contributed by atoms with Crippen LogP contribution in [0.5, 0.6) is 0 Å². The Labute approximate surface area is 97.4 Å². The molecule has 4 N–H and O–H groups in total. The number of aliphatic imine (C=N–C) groups is 1. The summed E-state index contributed by atoms with van der Waals surface area (Å²) >= 11 is 5.64. The highest BCUT2D eigenvalue weighted by Gasteiger charge is 1.97. The Bertz CT molecular complexity index is 335. The summed E-state index contributed by atoms with van der Waals surface area (Å²) in [5.74, 6) is 0.236. The Hall–Kier alpha value is -1.41. The largest absolute Gasteiger partial charge is 0.297 e. The first-order valence-corrected chi connectivity index (χ1v) is 4.73. The second kappa shape index (κ2) is 6.96. The van der Waals surface area contributed by atoms with E-state index in [1.165, 1.54) is 7.11 Å². The fourth-order valence-electron chi connectivity index (χ4n) is 0.917. The van der Waals surface area contributed by atoms with Crippen LogP contribution < -0.4 is 16.5 Å². The zero-order valence-corrected chi connectivity index (χ0v) is 9.32. The van der Waals surface area contributed by atoms with Gasteiger partial charge in [0, 0.05) is 6.20 Å². The van der Waals surface area contributed by atoms with Gasteiger partial charge in [0.15, 0.2) is 0 Å². The van der Waals surface area contributed by atoms with Gasteiger partial charge in [0.25, 0.3) is 0 Å². The minimum absolute atomic E-state index is 0.236. The predicted octanol–water partition coefficient (Wildman–Crippen LogP) is 0.225. The van der Waals surface area contributed by atoms with Crippen LogP contribution in [0.25, 0.3) is 0 Å². The Morgan fingerprint density at radius 3 is 3.00 bits per heavy atom. The molecule has 88 valence electrons. The maximum atomic E-state index is 8.43. The Morgan fingerprint density at radius 2 is 2.44 bits per heavy atom. The van der Waals surface area contributed by atoms with Crippen LogP contribution >= 0.6 is 11.6 Å². The van der Waals surface area contributed by atoms with E-state index in [-0.39, 0.29) is 5.96 Å². The van der Waals surface area contributed by atoms with Crippen LogP contribution in [0.1, 0.15) is 5.56 Å². The molecule has 1 aromatic rings. The standard InChI is InChI=1S/C8H12ClN5O2/c1-16-13-8(12-14-15)11-5-6-2-3-7(9)10-4-6/h2-4,14-15H,5H2,1H3,(H2,11,12,13). The fraction of sp³-hybridized carbons (Fsp3) is 0.250. The first-order valence-electron chi connectivity index (χ1n) is 4.35. The minimum atomic E-state index is 0.236. The van der Waals surface area contributed by atoms with E-state index in [0.717, 1.165) is 5.56 Å². The number of hydroxylamine groups is 1. The van der Waals surface area contributed by atoms with Crippen molar-refractivity contribution in [2.75, 3.05) is 7.11 Å². The molecule has 0 radical (unpaired) electrons. The number of nitrogens with zero attached hydrogens (tertiary/aromatic N) is 2. The average Bonchev–Trinajstić information content (AvgIpc) is 2.29. The van der Waals surface area contributed by atoms with E-state index in [2.05, 4.69) is 25.7 Å². The Morgan fingerprint density at radius 1 is 1.62 bits per heavy atom. The molecule has 0 amide bonds. The summed E-state index contributed by atoms with van der Waals surface area (Å²) in [6.07, 6.45) is 1.61. The number of pyridine rings is 1. The highest BCUT2D eigenvalue weighted by atomic mass is 35.5. The summed E-state index contributed by atoms with van der Waals surface area (Å²) in [5, 5.41) is 8.86. The lowest BCUT2D eigenvalue weighted by atomic mass is 10.3. The van der Waals surface area contributed by atoms with Gasteiger partial charge in [-0.05, 0) is 11.6 Å². The van der Waals surface area contributed by atoms with E-state index in [1.807, 2.05) is 0 Å². The van der Waals surface area contributed by atoms with Crippen molar-refractivity contribution in [2.45, 2.75) is 6.54 Å². The molecule has 0 saturated heterocycles. The van der Waals surface area contributed by atoms with Crippen molar-refractivity contribution in [3.8, 4) is 0 Å². The zero-order valence-electron chi connectivity index (χ0n) is 8.57. The lowest BCUT2D eigenvalue weighted by molar-refractivity contribution is 0.114. The smallest absolute Gasteiger partial charge is 0.232 e. The maximum Gasteiger partial charge on any atom is 0.232 e. The highest BCUT2D eigenvalue weighted by Crippen LogP contribution is 2.05. The van der Waals surface area contributed by atoms with Crippen LogP contribution in [0.4, 0.5) is 0 Å². The molecule has 0 bridgehead atoms. The predicted molar refractivity (Wildman–Crippen MR) is 58.6 cm³/mol. The number of halogens is 1. The quantitative estimate of drug-likeness (QED) is 0.263. The van der Waals surface area contributed by atoms with Gasteiger partial charge >= 0.3 is 0 Å². The summed E-state index contributed by atoms with van der Waals surface area (Å²) < 4.78 is 0. The molecule has 0 atom stereocenters. The van der Waals surface area contributed by atoms with Crippen molar-refractivity contribution in [3.05, 3.63) is 29.0 Å². The van der Waals surface area contributed by atoms with Gasteiger partial charge in [-0.1, -0.05) is 17.7 Å². The van der Waals surface area contributed by atoms with Gasteiger partial charge in [-0.3, -0.25) is 15.5 Å². The van der Waals surface area contributed by atoms with Crippen LogP contribution in [0.3, 0.4) is 0 Å². The van der Waals surface area contributed by atoms with Crippen molar-refractivity contribution in [1.29, 1.82) is 0 Å². The number of aromatic nitrogens is 1. The van der Waals surface area contributed by atoms with Gasteiger partial charge in [-0.2, -0.15) is 0 Å². The van der Waals surface area contributed by atoms with E-state index in [0.29, 0.717) is 11.7 Å². The van der Waals surface area contributed by atoms with Crippen molar-refractivity contribution >= 4 is 17.6 Å². The molecule has 8 heteroatoms. The van der Waals surface area contributed by atoms with Crippen molar-refractivity contribution in [3.63, 3.8) is 0 Å².